The van der Waals surface area contributed by atoms with Crippen LogP contribution < -0.4 is 5.32 Å². The summed E-state index contributed by atoms with van der Waals surface area (Å²) in [6, 6.07) is 9.49. The fourth-order valence-electron chi connectivity index (χ4n) is 3.58. The van der Waals surface area contributed by atoms with Gasteiger partial charge in [-0.2, -0.15) is 0 Å². The highest BCUT2D eigenvalue weighted by Crippen LogP contribution is 2.53. The lowest BCUT2D eigenvalue weighted by molar-refractivity contribution is 0.366. The minimum absolute atomic E-state index is 0.674. The van der Waals surface area contributed by atoms with E-state index in [9.17, 15) is 0 Å². The largest absolute Gasteiger partial charge is 0.381 e. The standard InChI is InChI=1S/C14H19N/c1-8-9(2)13-11-6-4-5-7-12(11)15-14(13)10(8)3/h4-10,13-15H,1-3H3/t8-,9+,10-,13?,14?/m0/s1. The highest BCUT2D eigenvalue weighted by Gasteiger charge is 2.48. The van der Waals surface area contributed by atoms with Gasteiger partial charge < -0.3 is 5.32 Å². The Morgan fingerprint density at radius 1 is 0.933 bits per heavy atom. The molecule has 80 valence electrons. The number of hydrogen-bond donors (Lipinski definition) is 1. The van der Waals surface area contributed by atoms with Crippen molar-refractivity contribution in [2.75, 3.05) is 5.32 Å². The van der Waals surface area contributed by atoms with Crippen LogP contribution in [0.1, 0.15) is 32.3 Å². The average molecular weight is 201 g/mol. The molecule has 0 spiro atoms. The van der Waals surface area contributed by atoms with E-state index in [0.29, 0.717) is 6.04 Å². The lowest BCUT2D eigenvalue weighted by Crippen LogP contribution is -2.23. The number of nitrogens with one attached hydrogen (secondary N) is 1. The molecule has 1 heterocycles. The second kappa shape index (κ2) is 3.01. The molecular weight excluding hydrogens is 182 g/mol. The Morgan fingerprint density at radius 3 is 2.47 bits per heavy atom. The van der Waals surface area contributed by atoms with E-state index in [1.807, 2.05) is 0 Å². The minimum Gasteiger partial charge on any atom is -0.381 e. The maximum Gasteiger partial charge on any atom is 0.0378 e. The molecule has 1 N–H and O–H groups in total. The van der Waals surface area contributed by atoms with E-state index in [-0.39, 0.29) is 0 Å². The van der Waals surface area contributed by atoms with Crippen LogP contribution in [0, 0.1) is 17.8 Å². The molecule has 2 aliphatic rings. The molecule has 0 saturated heterocycles. The molecule has 1 aliphatic heterocycles. The summed E-state index contributed by atoms with van der Waals surface area (Å²) in [5, 5.41) is 3.71. The van der Waals surface area contributed by atoms with E-state index in [4.69, 9.17) is 0 Å². The van der Waals surface area contributed by atoms with Gasteiger partial charge in [-0.1, -0.05) is 39.0 Å². The van der Waals surface area contributed by atoms with Gasteiger partial charge >= 0.3 is 0 Å². The molecule has 0 radical (unpaired) electrons. The first kappa shape index (κ1) is 9.26. The van der Waals surface area contributed by atoms with Gasteiger partial charge in [0.1, 0.15) is 0 Å². The van der Waals surface area contributed by atoms with Gasteiger partial charge in [0.25, 0.3) is 0 Å². The van der Waals surface area contributed by atoms with Crippen LogP contribution in [0.2, 0.25) is 0 Å². The fraction of sp³-hybridized carbons (Fsp3) is 0.571. The van der Waals surface area contributed by atoms with Gasteiger partial charge in [-0.25, -0.2) is 0 Å². The zero-order valence-electron chi connectivity index (χ0n) is 9.70. The van der Waals surface area contributed by atoms with E-state index < -0.39 is 0 Å². The van der Waals surface area contributed by atoms with E-state index in [1.165, 1.54) is 5.69 Å². The maximum absolute atomic E-state index is 3.71. The highest BCUT2D eigenvalue weighted by molar-refractivity contribution is 5.60. The molecule has 15 heavy (non-hydrogen) atoms. The van der Waals surface area contributed by atoms with Crippen molar-refractivity contribution in [3.8, 4) is 0 Å². The van der Waals surface area contributed by atoms with E-state index in [0.717, 1.165) is 23.7 Å². The van der Waals surface area contributed by atoms with Gasteiger partial charge in [0.15, 0.2) is 0 Å². The lowest BCUT2D eigenvalue weighted by atomic mass is 9.87. The van der Waals surface area contributed by atoms with Crippen molar-refractivity contribution >= 4 is 5.69 Å². The third kappa shape index (κ3) is 1.09. The molecule has 1 heteroatoms. The minimum atomic E-state index is 0.674. The molecule has 1 aliphatic carbocycles. The van der Waals surface area contributed by atoms with E-state index in [1.54, 1.807) is 5.56 Å². The number of anilines is 1. The number of benzene rings is 1. The van der Waals surface area contributed by atoms with Crippen molar-refractivity contribution in [2.24, 2.45) is 17.8 Å². The van der Waals surface area contributed by atoms with Crippen LogP contribution in [0.15, 0.2) is 24.3 Å². The maximum atomic E-state index is 3.71. The van der Waals surface area contributed by atoms with Crippen LogP contribution in [-0.4, -0.2) is 6.04 Å². The molecule has 0 bridgehead atoms. The Hall–Kier alpha value is -0.980. The molecular formula is C14H19N. The molecule has 1 aromatic carbocycles. The first-order valence-electron chi connectivity index (χ1n) is 6.05. The zero-order valence-corrected chi connectivity index (χ0v) is 9.70. The monoisotopic (exact) mass is 201 g/mol. The summed E-state index contributed by atoms with van der Waals surface area (Å²) in [5.74, 6) is 3.17. The third-order valence-corrected chi connectivity index (χ3v) is 4.82. The molecule has 1 saturated carbocycles. The summed E-state index contributed by atoms with van der Waals surface area (Å²) in [6.07, 6.45) is 0. The number of hydrogen-bond acceptors (Lipinski definition) is 1. The van der Waals surface area contributed by atoms with Gasteiger partial charge in [-0.05, 0) is 29.4 Å². The van der Waals surface area contributed by atoms with Gasteiger partial charge in [0, 0.05) is 17.6 Å². The number of rotatable bonds is 0. The van der Waals surface area contributed by atoms with Crippen molar-refractivity contribution in [1.29, 1.82) is 0 Å². The number of fused-ring (bicyclic) bond motifs is 3. The quantitative estimate of drug-likeness (QED) is 0.677. The Balaban J connectivity index is 2.06. The summed E-state index contributed by atoms with van der Waals surface area (Å²) < 4.78 is 0. The van der Waals surface area contributed by atoms with Crippen LogP contribution in [0.4, 0.5) is 5.69 Å². The Morgan fingerprint density at radius 2 is 1.67 bits per heavy atom. The predicted octanol–water partition coefficient (Wildman–Crippen LogP) is 3.49. The summed E-state index contributed by atoms with van der Waals surface area (Å²) in [6.45, 7) is 7.21. The van der Waals surface area contributed by atoms with Crippen molar-refractivity contribution in [2.45, 2.75) is 32.7 Å². The average Bonchev–Trinajstić information content (AvgIpc) is 2.72. The molecule has 1 fully saturated rings. The molecule has 1 aromatic rings. The van der Waals surface area contributed by atoms with Crippen LogP contribution in [0.25, 0.3) is 0 Å². The van der Waals surface area contributed by atoms with Crippen LogP contribution in [0.3, 0.4) is 0 Å². The Labute approximate surface area is 91.9 Å². The normalized spacial score (nSPS) is 42.2. The van der Waals surface area contributed by atoms with E-state index in [2.05, 4.69) is 50.4 Å². The second-order valence-corrected chi connectivity index (χ2v) is 5.36. The first-order valence-corrected chi connectivity index (χ1v) is 6.05. The summed E-state index contributed by atoms with van der Waals surface area (Å²) in [5.41, 5.74) is 2.92. The summed E-state index contributed by atoms with van der Waals surface area (Å²) >= 11 is 0. The van der Waals surface area contributed by atoms with Crippen molar-refractivity contribution < 1.29 is 0 Å². The van der Waals surface area contributed by atoms with Crippen LogP contribution in [-0.2, 0) is 0 Å². The smallest absolute Gasteiger partial charge is 0.0378 e. The van der Waals surface area contributed by atoms with Gasteiger partial charge in [-0.15, -0.1) is 0 Å². The van der Waals surface area contributed by atoms with Crippen molar-refractivity contribution in [1.82, 2.24) is 0 Å². The lowest BCUT2D eigenvalue weighted by Gasteiger charge is -2.18. The zero-order chi connectivity index (χ0) is 10.6. The molecule has 0 aromatic heterocycles. The molecule has 3 rings (SSSR count). The molecule has 2 unspecified atom stereocenters. The fourth-order valence-corrected chi connectivity index (χ4v) is 3.58. The topological polar surface area (TPSA) is 12.0 Å². The third-order valence-electron chi connectivity index (χ3n) is 4.82. The van der Waals surface area contributed by atoms with Gasteiger partial charge in [0.2, 0.25) is 0 Å². The first-order chi connectivity index (χ1) is 7.20. The second-order valence-electron chi connectivity index (χ2n) is 5.36. The highest BCUT2D eigenvalue weighted by atomic mass is 15.0. The Kier molecular flexibility index (Phi) is 1.86. The van der Waals surface area contributed by atoms with Gasteiger partial charge in [-0.3, -0.25) is 0 Å². The SMILES string of the molecule is C[C@@H]1[C@H](C)C2Nc3ccccc3C2[C@@H]1C. The van der Waals surface area contributed by atoms with Crippen LogP contribution >= 0.6 is 0 Å². The molecule has 0 amide bonds. The van der Waals surface area contributed by atoms with Crippen molar-refractivity contribution in [3.63, 3.8) is 0 Å². The number of para-hydroxylation sites is 1. The van der Waals surface area contributed by atoms with Crippen molar-refractivity contribution in [3.05, 3.63) is 29.8 Å². The summed E-state index contributed by atoms with van der Waals surface area (Å²) in [4.78, 5) is 0. The molecule has 1 nitrogen and oxygen atoms in total. The Bertz CT molecular complexity index is 385. The predicted molar refractivity (Wildman–Crippen MR) is 64.1 cm³/mol. The molecule has 5 atom stereocenters. The summed E-state index contributed by atoms with van der Waals surface area (Å²) in [7, 11) is 0. The van der Waals surface area contributed by atoms with Gasteiger partial charge in [0.05, 0.1) is 0 Å². The van der Waals surface area contributed by atoms with E-state index >= 15 is 0 Å². The van der Waals surface area contributed by atoms with Crippen LogP contribution in [0.5, 0.6) is 0 Å².